The molecule has 116 valence electrons. The van der Waals surface area contributed by atoms with Crippen LogP contribution in [0.25, 0.3) is 0 Å². The van der Waals surface area contributed by atoms with E-state index in [-0.39, 0.29) is 24.8 Å². The zero-order valence-corrected chi connectivity index (χ0v) is 12.3. The zero-order valence-electron chi connectivity index (χ0n) is 12.3. The summed E-state index contributed by atoms with van der Waals surface area (Å²) in [5.74, 6) is -1.53. The Hall–Kier alpha value is -1.96. The monoisotopic (exact) mass is 296 g/mol. The minimum Gasteiger partial charge on any atom is -0.480 e. The van der Waals surface area contributed by atoms with Gasteiger partial charge in [0.2, 0.25) is 5.91 Å². The molecule has 8 nitrogen and oxygen atoms in total. The normalized spacial score (nSPS) is 23.6. The third-order valence-corrected chi connectivity index (χ3v) is 3.64. The van der Waals surface area contributed by atoms with Crippen LogP contribution in [0.4, 0.5) is 0 Å². The second-order valence-electron chi connectivity index (χ2n) is 5.76. The number of β-amino-alcohol motifs (C(OH)–C–C–N with tert-alkyl or cyclic N) is 1. The summed E-state index contributed by atoms with van der Waals surface area (Å²) in [5.41, 5.74) is 0.685. The Kier molecular flexibility index (Phi) is 4.26. The summed E-state index contributed by atoms with van der Waals surface area (Å²) >= 11 is 0. The molecular weight excluding hydrogens is 276 g/mol. The van der Waals surface area contributed by atoms with Crippen molar-refractivity contribution in [3.63, 3.8) is 0 Å². The molecule has 1 aromatic rings. The number of aliphatic carboxylic acids is 1. The first-order chi connectivity index (χ1) is 9.81. The number of hydrogen-bond acceptors (Lipinski definition) is 5. The molecule has 2 N–H and O–H groups in total. The van der Waals surface area contributed by atoms with Gasteiger partial charge in [0, 0.05) is 19.2 Å². The number of amides is 1. The number of carboxylic acids is 1. The van der Waals surface area contributed by atoms with Gasteiger partial charge in [0.05, 0.1) is 11.8 Å². The van der Waals surface area contributed by atoms with E-state index >= 15 is 0 Å². The van der Waals surface area contributed by atoms with Crippen LogP contribution >= 0.6 is 0 Å². The van der Waals surface area contributed by atoms with Crippen molar-refractivity contribution in [2.24, 2.45) is 5.92 Å². The molecular formula is C13H20N4O4. The fourth-order valence-electron chi connectivity index (χ4n) is 2.67. The van der Waals surface area contributed by atoms with E-state index in [2.05, 4.69) is 10.3 Å². The number of likely N-dealkylation sites (tertiary alicyclic amines) is 1. The van der Waals surface area contributed by atoms with Crippen molar-refractivity contribution < 1.29 is 19.8 Å². The summed E-state index contributed by atoms with van der Waals surface area (Å²) < 4.78 is 1.46. The van der Waals surface area contributed by atoms with Crippen molar-refractivity contribution in [1.82, 2.24) is 19.9 Å². The second-order valence-corrected chi connectivity index (χ2v) is 5.76. The molecule has 1 saturated heterocycles. The third kappa shape index (κ3) is 3.05. The first-order valence-corrected chi connectivity index (χ1v) is 6.91. The highest BCUT2D eigenvalue weighted by atomic mass is 16.4. The Balaban J connectivity index is 2.28. The van der Waals surface area contributed by atoms with Gasteiger partial charge in [-0.2, -0.15) is 0 Å². The van der Waals surface area contributed by atoms with Crippen LogP contribution < -0.4 is 0 Å². The minimum atomic E-state index is -1.10. The van der Waals surface area contributed by atoms with Gasteiger partial charge < -0.3 is 15.1 Å². The van der Waals surface area contributed by atoms with Gasteiger partial charge in [-0.3, -0.25) is 4.79 Å². The van der Waals surface area contributed by atoms with Gasteiger partial charge in [0.1, 0.15) is 12.1 Å². The summed E-state index contributed by atoms with van der Waals surface area (Å²) in [6.45, 7) is 5.53. The molecule has 2 heterocycles. The van der Waals surface area contributed by atoms with Crippen LogP contribution in [-0.4, -0.2) is 60.7 Å². The molecule has 1 aromatic heterocycles. The lowest BCUT2D eigenvalue weighted by Gasteiger charge is -2.28. The maximum absolute atomic E-state index is 12.7. The van der Waals surface area contributed by atoms with Crippen LogP contribution in [0.1, 0.15) is 32.0 Å². The second kappa shape index (κ2) is 5.80. The molecule has 8 heteroatoms. The molecule has 0 unspecified atom stereocenters. The van der Waals surface area contributed by atoms with Crippen LogP contribution in [-0.2, 0) is 9.59 Å². The van der Waals surface area contributed by atoms with Gasteiger partial charge >= 0.3 is 5.97 Å². The Morgan fingerprint density at radius 2 is 2.10 bits per heavy atom. The fraction of sp³-hybridized carbons (Fsp3) is 0.692. The Morgan fingerprint density at radius 3 is 2.57 bits per heavy atom. The summed E-state index contributed by atoms with van der Waals surface area (Å²) in [7, 11) is 0. The predicted octanol–water partition coefficient (Wildman–Crippen LogP) is -0.170. The van der Waals surface area contributed by atoms with Crippen LogP contribution in [0.5, 0.6) is 0 Å². The molecule has 1 aliphatic heterocycles. The largest absolute Gasteiger partial charge is 0.480 e. The molecule has 3 atom stereocenters. The number of aliphatic hydroxyl groups excluding tert-OH is 1. The Labute approximate surface area is 122 Å². The zero-order chi connectivity index (χ0) is 15.7. The average molecular weight is 296 g/mol. The maximum atomic E-state index is 12.7. The smallest absolute Gasteiger partial charge is 0.326 e. The number of aromatic nitrogens is 3. The first-order valence-electron chi connectivity index (χ1n) is 6.91. The number of aliphatic hydroxyl groups is 1. The van der Waals surface area contributed by atoms with Crippen LogP contribution in [0.2, 0.25) is 0 Å². The third-order valence-electron chi connectivity index (χ3n) is 3.64. The lowest BCUT2D eigenvalue weighted by Crippen LogP contribution is -2.45. The van der Waals surface area contributed by atoms with Crippen molar-refractivity contribution in [2.45, 2.75) is 45.4 Å². The molecule has 0 radical (unpaired) electrons. The van der Waals surface area contributed by atoms with E-state index in [1.165, 1.54) is 9.58 Å². The van der Waals surface area contributed by atoms with Gasteiger partial charge in [0.25, 0.3) is 0 Å². The highest BCUT2D eigenvalue weighted by Crippen LogP contribution is 2.26. The van der Waals surface area contributed by atoms with Crippen LogP contribution in [0, 0.1) is 12.8 Å². The molecule has 2 rings (SSSR count). The van der Waals surface area contributed by atoms with E-state index in [1.807, 2.05) is 13.8 Å². The van der Waals surface area contributed by atoms with E-state index in [9.17, 15) is 19.8 Å². The van der Waals surface area contributed by atoms with Crippen molar-refractivity contribution in [3.8, 4) is 0 Å². The number of carboxylic acid groups (broad SMARTS) is 1. The van der Waals surface area contributed by atoms with Crippen molar-refractivity contribution in [1.29, 1.82) is 0 Å². The minimum absolute atomic E-state index is 0.0344. The lowest BCUT2D eigenvalue weighted by molar-refractivity contribution is -0.150. The molecule has 0 aliphatic carbocycles. The van der Waals surface area contributed by atoms with E-state index in [0.29, 0.717) is 5.69 Å². The topological polar surface area (TPSA) is 109 Å². The van der Waals surface area contributed by atoms with E-state index < -0.39 is 24.2 Å². The van der Waals surface area contributed by atoms with E-state index in [0.717, 1.165) is 0 Å². The van der Waals surface area contributed by atoms with E-state index in [1.54, 1.807) is 13.1 Å². The van der Waals surface area contributed by atoms with Gasteiger partial charge in [-0.25, -0.2) is 9.48 Å². The number of rotatable bonds is 4. The highest BCUT2D eigenvalue weighted by Gasteiger charge is 2.42. The van der Waals surface area contributed by atoms with Gasteiger partial charge in [-0.15, -0.1) is 5.10 Å². The number of carbonyl (C=O) groups excluding carboxylic acids is 1. The van der Waals surface area contributed by atoms with Gasteiger partial charge in [-0.05, 0) is 12.8 Å². The molecule has 1 aliphatic rings. The molecule has 0 bridgehead atoms. The number of carbonyl (C=O) groups is 2. The van der Waals surface area contributed by atoms with Gasteiger partial charge in [-0.1, -0.05) is 19.1 Å². The maximum Gasteiger partial charge on any atom is 0.326 e. The van der Waals surface area contributed by atoms with E-state index in [4.69, 9.17) is 0 Å². The number of hydrogen-bond donors (Lipinski definition) is 2. The quantitative estimate of drug-likeness (QED) is 0.798. The molecule has 0 spiro atoms. The Morgan fingerprint density at radius 1 is 1.43 bits per heavy atom. The predicted molar refractivity (Wildman–Crippen MR) is 72.4 cm³/mol. The van der Waals surface area contributed by atoms with Gasteiger partial charge in [0.15, 0.2) is 0 Å². The summed E-state index contributed by atoms with van der Waals surface area (Å²) in [6.07, 6.45) is 0.910. The fourth-order valence-corrected chi connectivity index (χ4v) is 2.67. The average Bonchev–Trinajstić information content (AvgIpc) is 2.95. The SMILES string of the molecule is Cc1cn([C@H](C(=O)N2C[C@H](O)C[C@H]2C(=O)O)C(C)C)nn1. The standard InChI is InChI=1S/C13H20N4O4/c1-7(2)11(17-5-8(3)14-15-17)12(19)16-6-9(18)4-10(16)13(20)21/h5,7,9-11,18H,4,6H2,1-3H3,(H,20,21)/t9-,10+,11+/m1/s1. The summed E-state index contributed by atoms with van der Waals surface area (Å²) in [6, 6.07) is -1.61. The molecule has 0 saturated carbocycles. The lowest BCUT2D eigenvalue weighted by atomic mass is 10.0. The highest BCUT2D eigenvalue weighted by molar-refractivity contribution is 5.87. The number of nitrogens with zero attached hydrogens (tertiary/aromatic N) is 4. The molecule has 0 aromatic carbocycles. The Bertz CT molecular complexity index is 542. The molecule has 1 amide bonds. The van der Waals surface area contributed by atoms with Crippen molar-refractivity contribution in [3.05, 3.63) is 11.9 Å². The van der Waals surface area contributed by atoms with Crippen LogP contribution in [0.15, 0.2) is 6.20 Å². The number of aryl methyl sites for hydroxylation is 1. The van der Waals surface area contributed by atoms with Crippen molar-refractivity contribution >= 4 is 11.9 Å². The van der Waals surface area contributed by atoms with Crippen molar-refractivity contribution in [2.75, 3.05) is 6.54 Å². The first kappa shape index (κ1) is 15.4. The summed E-state index contributed by atoms with van der Waals surface area (Å²) in [5, 5.41) is 26.7. The summed E-state index contributed by atoms with van der Waals surface area (Å²) in [4.78, 5) is 25.2. The van der Waals surface area contributed by atoms with Crippen LogP contribution in [0.3, 0.4) is 0 Å². The molecule has 21 heavy (non-hydrogen) atoms. The molecule has 1 fully saturated rings.